The Morgan fingerprint density at radius 1 is 0.889 bits per heavy atom. The van der Waals surface area contributed by atoms with Crippen molar-refractivity contribution in [3.63, 3.8) is 0 Å². The SMILES string of the molecule is C=C(COc1ccc(OC)cc1NC(=O)NCc1ccc2c(c1)CN(C1CCC(=O)NC1=O)C2=O)C(=O)N1CCN(c2nc(OCC3CCCN3C)nc3c2CCN(c2cccc4cccc(Cl)c24)C3)CC1. The first kappa shape index (κ1) is 48.2. The number of urea groups is 1. The van der Waals surface area contributed by atoms with Gasteiger partial charge in [0.2, 0.25) is 11.8 Å². The number of nitrogens with zero attached hydrogens (tertiary/aromatic N) is 7. The number of fused-ring (bicyclic) bond motifs is 3. The van der Waals surface area contributed by atoms with Gasteiger partial charge in [0.1, 0.15) is 36.6 Å². The molecule has 0 bridgehead atoms. The molecule has 18 nitrogen and oxygen atoms in total. The first-order chi connectivity index (χ1) is 34.9. The van der Waals surface area contributed by atoms with Gasteiger partial charge in [0, 0.05) is 92.1 Å². The van der Waals surface area contributed by atoms with Crippen molar-refractivity contribution in [2.75, 3.05) is 81.8 Å². The molecule has 6 amide bonds. The molecule has 3 N–H and O–H groups in total. The molecule has 0 spiro atoms. The maximum absolute atomic E-state index is 13.9. The molecule has 4 aromatic carbocycles. The number of hydrogen-bond donors (Lipinski definition) is 3. The maximum Gasteiger partial charge on any atom is 0.319 e. The zero-order valence-corrected chi connectivity index (χ0v) is 41.1. The number of carbonyl (C=O) groups is 5. The van der Waals surface area contributed by atoms with E-state index in [1.165, 1.54) is 12.0 Å². The molecule has 2 atom stereocenters. The molecule has 2 unspecified atom stereocenters. The third kappa shape index (κ3) is 10.1. The van der Waals surface area contributed by atoms with E-state index in [-0.39, 0.29) is 55.8 Å². The van der Waals surface area contributed by atoms with Gasteiger partial charge in [-0.1, -0.05) is 54.6 Å². The minimum absolute atomic E-state index is 0.125. The first-order valence-electron chi connectivity index (χ1n) is 24.4. The topological polar surface area (TPSA) is 191 Å². The van der Waals surface area contributed by atoms with Gasteiger partial charge in [-0.15, -0.1) is 0 Å². The molecular weight excluding hydrogens is 940 g/mol. The van der Waals surface area contributed by atoms with Crippen LogP contribution in [0, 0.1) is 0 Å². The summed E-state index contributed by atoms with van der Waals surface area (Å²) in [6.07, 6.45) is 3.36. The lowest BCUT2D eigenvalue weighted by Crippen LogP contribution is -2.52. The van der Waals surface area contributed by atoms with E-state index in [1.807, 2.05) is 18.2 Å². The second-order valence-corrected chi connectivity index (χ2v) is 19.3. The molecule has 0 aliphatic carbocycles. The fourth-order valence-electron chi connectivity index (χ4n) is 10.3. The third-order valence-corrected chi connectivity index (χ3v) is 14.6. The van der Waals surface area contributed by atoms with Crippen LogP contribution < -0.4 is 40.0 Å². The normalized spacial score (nSPS) is 19.0. The van der Waals surface area contributed by atoms with Gasteiger partial charge in [-0.25, -0.2) is 4.79 Å². The minimum Gasteiger partial charge on any atom is -0.497 e. The smallest absolute Gasteiger partial charge is 0.319 e. The summed E-state index contributed by atoms with van der Waals surface area (Å²) in [7, 11) is 3.64. The van der Waals surface area contributed by atoms with E-state index in [0.717, 1.165) is 77.0 Å². The van der Waals surface area contributed by atoms with Gasteiger partial charge in [-0.2, -0.15) is 9.97 Å². The van der Waals surface area contributed by atoms with Gasteiger partial charge in [0.05, 0.1) is 30.1 Å². The van der Waals surface area contributed by atoms with Crippen LogP contribution in [0.5, 0.6) is 17.5 Å². The Labute approximate surface area is 422 Å². The quantitative estimate of drug-likeness (QED) is 0.0909. The molecule has 10 rings (SSSR count). The van der Waals surface area contributed by atoms with E-state index in [1.54, 1.807) is 35.2 Å². The molecule has 1 aromatic heterocycles. The number of piperidine rings is 1. The Balaban J connectivity index is 0.758. The average Bonchev–Trinajstić information content (AvgIpc) is 3.96. The lowest BCUT2D eigenvalue weighted by molar-refractivity contribution is -0.137. The number of piperazine rings is 1. The van der Waals surface area contributed by atoms with E-state index >= 15 is 0 Å². The van der Waals surface area contributed by atoms with Crippen molar-refractivity contribution in [1.82, 2.24) is 35.3 Å². The molecule has 3 saturated heterocycles. The summed E-state index contributed by atoms with van der Waals surface area (Å²) < 4.78 is 17.9. The van der Waals surface area contributed by atoms with Crippen molar-refractivity contribution in [3.05, 3.63) is 118 Å². The number of aromatic nitrogens is 2. The van der Waals surface area contributed by atoms with Crippen molar-refractivity contribution < 1.29 is 38.2 Å². The highest BCUT2D eigenvalue weighted by Gasteiger charge is 2.39. The first-order valence-corrected chi connectivity index (χ1v) is 24.8. The zero-order valence-electron chi connectivity index (χ0n) is 40.4. The monoisotopic (exact) mass is 996 g/mol. The number of likely N-dealkylation sites (N-methyl/N-ethyl adjacent to an activating group) is 1. The number of nitrogens with one attached hydrogen (secondary N) is 3. The fraction of sp³-hybridized carbons (Fsp3) is 0.377. The number of carbonyl (C=O) groups excluding carboxylic acids is 5. The Morgan fingerprint density at radius 2 is 1.71 bits per heavy atom. The van der Waals surface area contributed by atoms with E-state index in [2.05, 4.69) is 68.5 Å². The van der Waals surface area contributed by atoms with Crippen molar-refractivity contribution in [2.45, 2.75) is 63.8 Å². The highest BCUT2D eigenvalue weighted by atomic mass is 35.5. The Kier molecular flexibility index (Phi) is 13.9. The van der Waals surface area contributed by atoms with Crippen LogP contribution in [0.15, 0.2) is 84.9 Å². The third-order valence-electron chi connectivity index (χ3n) is 14.3. The molecule has 19 heteroatoms. The van der Waals surface area contributed by atoms with Gasteiger partial charge in [0.15, 0.2) is 0 Å². The van der Waals surface area contributed by atoms with Crippen LogP contribution in [0.3, 0.4) is 0 Å². The van der Waals surface area contributed by atoms with Gasteiger partial charge >= 0.3 is 12.0 Å². The van der Waals surface area contributed by atoms with Crippen molar-refractivity contribution in [1.29, 1.82) is 0 Å². The fourth-order valence-corrected chi connectivity index (χ4v) is 10.6. The zero-order chi connectivity index (χ0) is 50.0. The molecular formula is C53H57ClN10O8. The summed E-state index contributed by atoms with van der Waals surface area (Å²) in [5, 5.41) is 10.8. The largest absolute Gasteiger partial charge is 0.497 e. The molecule has 0 radical (unpaired) electrons. The number of halogens is 1. The van der Waals surface area contributed by atoms with E-state index in [9.17, 15) is 24.0 Å². The number of likely N-dealkylation sites (tertiary alicyclic amines) is 1. The van der Waals surface area contributed by atoms with Gasteiger partial charge in [-0.05, 0) is 86.1 Å². The maximum atomic E-state index is 13.9. The highest BCUT2D eigenvalue weighted by Crippen LogP contribution is 2.38. The predicted octanol–water partition coefficient (Wildman–Crippen LogP) is 5.69. The van der Waals surface area contributed by atoms with Gasteiger partial charge < -0.3 is 49.3 Å². The Morgan fingerprint density at radius 3 is 2.49 bits per heavy atom. The second-order valence-electron chi connectivity index (χ2n) is 18.9. The standard InChI is InChI=1S/C53H57ClN10O8/c1-32(30-71-45-16-13-37(70-3)26-41(45)56-52(69)55-27-33-12-14-38-35(25-33)28-64(51(38)68)44-15-17-46(65)58-49(44)66)50(67)62-23-21-61(22-24-62)48-39-18-20-63(43-11-5-8-34-7-4-10-40(54)47(34)43)29-42(39)57-53(59-48)72-31-36-9-6-19-60(36)2/h4-5,7-8,10-14,16,25-26,36,44H,1,6,9,15,17-24,27-31H2,2-3H3,(H2,55,56,69)(H,58,65,66). The molecule has 3 fully saturated rings. The lowest BCUT2D eigenvalue weighted by Gasteiger charge is -2.38. The molecule has 72 heavy (non-hydrogen) atoms. The van der Waals surface area contributed by atoms with Gasteiger partial charge in [0.25, 0.3) is 11.8 Å². The Hall–Kier alpha value is -7.44. The molecule has 6 heterocycles. The van der Waals surface area contributed by atoms with Crippen LogP contribution in [-0.2, 0) is 40.4 Å². The molecule has 5 aromatic rings. The van der Waals surface area contributed by atoms with Crippen LogP contribution in [-0.4, -0.2) is 133 Å². The number of anilines is 3. The van der Waals surface area contributed by atoms with Crippen molar-refractivity contribution in [3.8, 4) is 17.5 Å². The highest BCUT2D eigenvalue weighted by molar-refractivity contribution is 6.36. The number of hydrogen-bond acceptors (Lipinski definition) is 13. The second kappa shape index (κ2) is 20.7. The van der Waals surface area contributed by atoms with Crippen LogP contribution >= 0.6 is 11.6 Å². The minimum atomic E-state index is -0.719. The van der Waals surface area contributed by atoms with Gasteiger partial charge in [-0.3, -0.25) is 24.5 Å². The van der Waals surface area contributed by atoms with Crippen molar-refractivity contribution in [2.24, 2.45) is 0 Å². The summed E-state index contributed by atoms with van der Waals surface area (Å²) in [6, 6.07) is 21.9. The van der Waals surface area contributed by atoms with Crippen molar-refractivity contribution >= 4 is 69.2 Å². The lowest BCUT2D eigenvalue weighted by atomic mass is 10.0. The van der Waals surface area contributed by atoms with Crippen LogP contribution in [0.4, 0.5) is 22.0 Å². The molecule has 0 saturated carbocycles. The number of amides is 6. The number of methoxy groups -OCH3 is 1. The molecule has 5 aliphatic heterocycles. The van der Waals surface area contributed by atoms with Crippen LogP contribution in [0.1, 0.15) is 58.4 Å². The van der Waals surface area contributed by atoms with E-state index in [0.29, 0.717) is 79.2 Å². The summed E-state index contributed by atoms with van der Waals surface area (Å²) >= 11 is 6.78. The number of imide groups is 1. The number of rotatable bonds is 14. The van der Waals surface area contributed by atoms with E-state index in [4.69, 9.17) is 35.8 Å². The number of ether oxygens (including phenoxy) is 3. The summed E-state index contributed by atoms with van der Waals surface area (Å²) in [5.41, 5.74) is 5.58. The number of benzene rings is 4. The average molecular weight is 998 g/mol. The van der Waals surface area contributed by atoms with Crippen LogP contribution in [0.2, 0.25) is 5.02 Å². The summed E-state index contributed by atoms with van der Waals surface area (Å²) in [5.74, 6) is 0.299. The van der Waals surface area contributed by atoms with Crippen LogP contribution in [0.25, 0.3) is 10.8 Å². The summed E-state index contributed by atoms with van der Waals surface area (Å²) in [6.45, 7) is 9.16. The van der Waals surface area contributed by atoms with E-state index < -0.39 is 18.0 Å². The molecule has 5 aliphatic rings. The molecule has 374 valence electrons. The Bertz CT molecular complexity index is 2980. The summed E-state index contributed by atoms with van der Waals surface area (Å²) in [4.78, 5) is 84.7. The predicted molar refractivity (Wildman–Crippen MR) is 272 cm³/mol.